The van der Waals surface area contributed by atoms with Crippen LogP contribution >= 0.6 is 0 Å². The first-order chi connectivity index (χ1) is 13.1. The van der Waals surface area contributed by atoms with Gasteiger partial charge in [-0.2, -0.15) is 4.98 Å². The monoisotopic (exact) mass is 369 g/mol. The molecule has 1 saturated heterocycles. The highest BCUT2D eigenvalue weighted by Gasteiger charge is 2.20. The maximum absolute atomic E-state index is 11.7. The van der Waals surface area contributed by atoms with E-state index in [4.69, 9.17) is 4.74 Å². The summed E-state index contributed by atoms with van der Waals surface area (Å²) in [5.41, 5.74) is 1.32. The minimum Gasteiger partial charge on any atom is -0.462 e. The number of nitrogens with one attached hydrogen (secondary N) is 1. The number of esters is 1. The van der Waals surface area contributed by atoms with Crippen molar-refractivity contribution < 1.29 is 14.3 Å². The average molecular weight is 369 g/mol. The molecule has 2 aromatic rings. The molecule has 1 fully saturated rings. The highest BCUT2D eigenvalue weighted by Crippen LogP contribution is 2.18. The van der Waals surface area contributed by atoms with Gasteiger partial charge in [-0.15, -0.1) is 0 Å². The number of nitrogens with zero attached hydrogens (tertiary/aromatic N) is 4. The van der Waals surface area contributed by atoms with E-state index in [0.29, 0.717) is 50.1 Å². The van der Waals surface area contributed by atoms with Gasteiger partial charge in [0.15, 0.2) is 0 Å². The van der Waals surface area contributed by atoms with Crippen LogP contribution in [0, 0.1) is 0 Å². The summed E-state index contributed by atoms with van der Waals surface area (Å²) >= 11 is 0. The van der Waals surface area contributed by atoms with Gasteiger partial charge in [0.25, 0.3) is 0 Å². The highest BCUT2D eigenvalue weighted by molar-refractivity contribution is 5.89. The van der Waals surface area contributed by atoms with Crippen molar-refractivity contribution in [3.05, 3.63) is 42.1 Å². The molecule has 0 bridgehead atoms. The number of amides is 1. The van der Waals surface area contributed by atoms with Crippen molar-refractivity contribution in [1.82, 2.24) is 14.9 Å². The number of hydrogen-bond donors (Lipinski definition) is 1. The lowest BCUT2D eigenvalue weighted by atomic mass is 10.2. The van der Waals surface area contributed by atoms with Crippen LogP contribution in [0.4, 0.5) is 17.5 Å². The Bertz CT molecular complexity index is 801. The lowest BCUT2D eigenvalue weighted by Gasteiger charge is -2.34. The van der Waals surface area contributed by atoms with Gasteiger partial charge < -0.3 is 19.9 Å². The number of carbonyl (C=O) groups is 2. The first-order valence-electron chi connectivity index (χ1n) is 8.94. The molecule has 0 spiro atoms. The molecule has 1 aromatic carbocycles. The molecule has 1 aromatic heterocycles. The van der Waals surface area contributed by atoms with Crippen molar-refractivity contribution in [2.75, 3.05) is 43.0 Å². The Morgan fingerprint density at radius 2 is 1.81 bits per heavy atom. The summed E-state index contributed by atoms with van der Waals surface area (Å²) < 4.78 is 4.98. The Balaban J connectivity index is 1.64. The number of carbonyl (C=O) groups excluding carboxylic acids is 2. The van der Waals surface area contributed by atoms with E-state index in [2.05, 4.69) is 20.2 Å². The van der Waals surface area contributed by atoms with Gasteiger partial charge in [-0.05, 0) is 37.3 Å². The van der Waals surface area contributed by atoms with Gasteiger partial charge in [-0.25, -0.2) is 9.78 Å². The first kappa shape index (κ1) is 18.6. The van der Waals surface area contributed by atoms with Gasteiger partial charge in [-0.3, -0.25) is 4.79 Å². The lowest BCUT2D eigenvalue weighted by Crippen LogP contribution is -2.48. The van der Waals surface area contributed by atoms with E-state index in [1.165, 1.54) is 0 Å². The van der Waals surface area contributed by atoms with E-state index in [1.54, 1.807) is 50.4 Å². The Morgan fingerprint density at radius 3 is 2.44 bits per heavy atom. The fourth-order valence-electron chi connectivity index (χ4n) is 2.84. The maximum atomic E-state index is 11.7. The van der Waals surface area contributed by atoms with Gasteiger partial charge >= 0.3 is 5.97 Å². The standard InChI is InChI=1S/C19H23N5O3/c1-3-27-18(26)15-4-6-16(7-5-15)21-17-8-9-20-19(22-17)24-12-10-23(11-13-24)14(2)25/h4-9H,3,10-13H2,1-2H3,(H,20,21,22). The zero-order valence-electron chi connectivity index (χ0n) is 15.5. The van der Waals surface area contributed by atoms with Crippen molar-refractivity contribution >= 4 is 29.3 Å². The van der Waals surface area contributed by atoms with Crippen LogP contribution in [0.1, 0.15) is 24.2 Å². The molecule has 1 amide bonds. The molecule has 1 aliphatic heterocycles. The van der Waals surface area contributed by atoms with E-state index in [-0.39, 0.29) is 11.9 Å². The van der Waals surface area contributed by atoms with Gasteiger partial charge in [0.1, 0.15) is 5.82 Å². The molecule has 0 unspecified atom stereocenters. The Labute approximate surface area is 158 Å². The van der Waals surface area contributed by atoms with Crippen LogP contribution in [-0.4, -0.2) is 59.5 Å². The Kier molecular flexibility index (Phi) is 5.85. The Morgan fingerprint density at radius 1 is 1.11 bits per heavy atom. The average Bonchev–Trinajstić information content (AvgIpc) is 2.69. The van der Waals surface area contributed by atoms with E-state index in [9.17, 15) is 9.59 Å². The van der Waals surface area contributed by atoms with E-state index in [1.807, 2.05) is 4.90 Å². The molecule has 0 radical (unpaired) electrons. The van der Waals surface area contributed by atoms with Crippen LogP contribution in [0.25, 0.3) is 0 Å². The summed E-state index contributed by atoms with van der Waals surface area (Å²) in [6.45, 7) is 6.47. The molecule has 0 saturated carbocycles. The van der Waals surface area contributed by atoms with Crippen LogP contribution < -0.4 is 10.2 Å². The summed E-state index contributed by atoms with van der Waals surface area (Å²) in [4.78, 5) is 35.9. The number of hydrogen-bond acceptors (Lipinski definition) is 7. The largest absolute Gasteiger partial charge is 0.462 e. The summed E-state index contributed by atoms with van der Waals surface area (Å²) in [5.74, 6) is 1.06. The van der Waals surface area contributed by atoms with Crippen LogP contribution in [0.2, 0.25) is 0 Å². The minimum atomic E-state index is -0.335. The minimum absolute atomic E-state index is 0.0947. The van der Waals surface area contributed by atoms with E-state index < -0.39 is 0 Å². The van der Waals surface area contributed by atoms with Gasteiger partial charge in [-0.1, -0.05) is 0 Å². The highest BCUT2D eigenvalue weighted by atomic mass is 16.5. The molecular formula is C19H23N5O3. The third-order valence-electron chi connectivity index (χ3n) is 4.32. The fourth-order valence-corrected chi connectivity index (χ4v) is 2.84. The predicted octanol–water partition coefficient (Wildman–Crippen LogP) is 2.07. The smallest absolute Gasteiger partial charge is 0.338 e. The van der Waals surface area contributed by atoms with Crippen molar-refractivity contribution in [3.8, 4) is 0 Å². The van der Waals surface area contributed by atoms with Crippen molar-refractivity contribution in [3.63, 3.8) is 0 Å². The summed E-state index contributed by atoms with van der Waals surface area (Å²) in [5, 5.41) is 3.21. The quantitative estimate of drug-likeness (QED) is 0.807. The number of aromatic nitrogens is 2. The van der Waals surface area contributed by atoms with Crippen LogP contribution in [0.15, 0.2) is 36.5 Å². The lowest BCUT2D eigenvalue weighted by molar-refractivity contribution is -0.129. The number of piperazine rings is 1. The fraction of sp³-hybridized carbons (Fsp3) is 0.368. The molecule has 27 heavy (non-hydrogen) atoms. The number of rotatable bonds is 5. The SMILES string of the molecule is CCOC(=O)c1ccc(Nc2ccnc(N3CCN(C(C)=O)CC3)n2)cc1. The number of anilines is 3. The summed E-state index contributed by atoms with van der Waals surface area (Å²) in [6, 6.07) is 8.82. The third-order valence-corrected chi connectivity index (χ3v) is 4.32. The van der Waals surface area contributed by atoms with Crippen molar-refractivity contribution in [1.29, 1.82) is 0 Å². The van der Waals surface area contributed by atoms with E-state index >= 15 is 0 Å². The molecule has 0 atom stereocenters. The number of ether oxygens (including phenoxy) is 1. The summed E-state index contributed by atoms with van der Waals surface area (Å²) in [7, 11) is 0. The van der Waals surface area contributed by atoms with Gasteiger partial charge in [0.05, 0.1) is 12.2 Å². The van der Waals surface area contributed by atoms with Crippen molar-refractivity contribution in [2.45, 2.75) is 13.8 Å². The third kappa shape index (κ3) is 4.72. The normalized spacial score (nSPS) is 14.0. The summed E-state index contributed by atoms with van der Waals surface area (Å²) in [6.07, 6.45) is 1.70. The first-order valence-corrected chi connectivity index (χ1v) is 8.94. The van der Waals surface area contributed by atoms with Crippen molar-refractivity contribution in [2.24, 2.45) is 0 Å². The van der Waals surface area contributed by atoms with Crippen LogP contribution in [0.3, 0.4) is 0 Å². The zero-order valence-corrected chi connectivity index (χ0v) is 15.5. The molecule has 1 N–H and O–H groups in total. The van der Waals surface area contributed by atoms with Crippen LogP contribution in [0.5, 0.6) is 0 Å². The maximum Gasteiger partial charge on any atom is 0.338 e. The molecular weight excluding hydrogens is 346 g/mol. The van der Waals surface area contributed by atoms with E-state index in [0.717, 1.165) is 5.69 Å². The molecule has 1 aliphatic rings. The Hall–Kier alpha value is -3.16. The topological polar surface area (TPSA) is 87.7 Å². The molecule has 0 aliphatic carbocycles. The second-order valence-corrected chi connectivity index (χ2v) is 6.16. The van der Waals surface area contributed by atoms with Gasteiger partial charge in [0, 0.05) is 45.0 Å². The van der Waals surface area contributed by atoms with Crippen LogP contribution in [-0.2, 0) is 9.53 Å². The molecule has 3 rings (SSSR count). The molecule has 2 heterocycles. The number of benzene rings is 1. The predicted molar refractivity (Wildman–Crippen MR) is 102 cm³/mol. The second-order valence-electron chi connectivity index (χ2n) is 6.16. The van der Waals surface area contributed by atoms with Gasteiger partial charge in [0.2, 0.25) is 11.9 Å². The molecule has 8 nitrogen and oxygen atoms in total. The zero-order chi connectivity index (χ0) is 19.2. The molecule has 8 heteroatoms. The molecule has 142 valence electrons. The second kappa shape index (κ2) is 8.48.